The molecule has 0 fully saturated rings. The van der Waals surface area contributed by atoms with Gasteiger partial charge in [0.2, 0.25) is 0 Å². The Kier molecular flexibility index (Phi) is 3.65. The molecule has 2 rings (SSSR count). The fourth-order valence-corrected chi connectivity index (χ4v) is 1.79. The Bertz CT molecular complexity index is 568. The van der Waals surface area contributed by atoms with Crippen molar-refractivity contribution < 1.29 is 9.90 Å². The molecule has 1 atom stereocenters. The zero-order valence-electron chi connectivity index (χ0n) is 10.4. The number of aromatic carboxylic acids is 1. The molecule has 0 amide bonds. The number of rotatable bonds is 5. The Morgan fingerprint density at radius 3 is 3.05 bits per heavy atom. The summed E-state index contributed by atoms with van der Waals surface area (Å²) in [5.41, 5.74) is 6.06. The van der Waals surface area contributed by atoms with Crippen LogP contribution >= 0.6 is 0 Å². The van der Waals surface area contributed by atoms with Gasteiger partial charge in [0.1, 0.15) is 5.82 Å². The molecule has 0 aromatic carbocycles. The predicted molar refractivity (Wildman–Crippen MR) is 70.9 cm³/mol. The van der Waals surface area contributed by atoms with Crippen LogP contribution in [-0.4, -0.2) is 31.7 Å². The van der Waals surface area contributed by atoms with Gasteiger partial charge in [-0.2, -0.15) is 0 Å². The number of pyridine rings is 1. The van der Waals surface area contributed by atoms with Crippen molar-refractivity contribution in [1.82, 2.24) is 14.5 Å². The number of aromatic nitrogens is 3. The van der Waals surface area contributed by atoms with E-state index in [4.69, 9.17) is 10.8 Å². The van der Waals surface area contributed by atoms with Crippen molar-refractivity contribution in [2.24, 2.45) is 0 Å². The smallest absolute Gasteiger partial charge is 0.337 e. The van der Waals surface area contributed by atoms with Gasteiger partial charge < -0.3 is 20.7 Å². The van der Waals surface area contributed by atoms with Gasteiger partial charge >= 0.3 is 5.97 Å². The lowest BCUT2D eigenvalue weighted by Crippen LogP contribution is -2.23. The number of anilines is 2. The summed E-state index contributed by atoms with van der Waals surface area (Å²) >= 11 is 0. The van der Waals surface area contributed by atoms with Crippen LogP contribution in [0.1, 0.15) is 17.3 Å². The first-order valence-electron chi connectivity index (χ1n) is 5.77. The number of nitrogens with two attached hydrogens (primary N) is 1. The number of nitrogens with zero attached hydrogens (tertiary/aromatic N) is 3. The lowest BCUT2D eigenvalue weighted by atomic mass is 10.2. The lowest BCUT2D eigenvalue weighted by Gasteiger charge is -2.17. The standard InChI is InChI=1S/C12H15N5O2/c1-8(6-17-3-2-14-7-17)16-10-5-15-11(13)4-9(10)12(18)19/h2-5,7-8,16H,6H2,1H3,(H2,13,15)(H,18,19). The highest BCUT2D eigenvalue weighted by Crippen LogP contribution is 2.17. The van der Waals surface area contributed by atoms with E-state index in [1.54, 1.807) is 12.5 Å². The number of hydrogen-bond donors (Lipinski definition) is 3. The lowest BCUT2D eigenvalue weighted by molar-refractivity contribution is 0.0698. The minimum atomic E-state index is -1.04. The number of nitrogen functional groups attached to an aromatic ring is 1. The maximum absolute atomic E-state index is 11.1. The average molecular weight is 261 g/mol. The molecule has 0 radical (unpaired) electrons. The van der Waals surface area contributed by atoms with Gasteiger partial charge in [0, 0.05) is 25.0 Å². The van der Waals surface area contributed by atoms with E-state index in [2.05, 4.69) is 15.3 Å². The molecule has 0 saturated heterocycles. The number of imidazole rings is 1. The Morgan fingerprint density at radius 2 is 2.42 bits per heavy atom. The Balaban J connectivity index is 2.12. The summed E-state index contributed by atoms with van der Waals surface area (Å²) in [5.74, 6) is -0.850. The highest BCUT2D eigenvalue weighted by Gasteiger charge is 2.13. The highest BCUT2D eigenvalue weighted by molar-refractivity contribution is 5.94. The fraction of sp³-hybridized carbons (Fsp3) is 0.250. The van der Waals surface area contributed by atoms with Crippen LogP contribution in [0.2, 0.25) is 0 Å². The quantitative estimate of drug-likeness (QED) is 0.743. The summed E-state index contributed by atoms with van der Waals surface area (Å²) in [7, 11) is 0. The van der Waals surface area contributed by atoms with Crippen LogP contribution in [0.3, 0.4) is 0 Å². The number of carboxylic acid groups (broad SMARTS) is 1. The van der Waals surface area contributed by atoms with Crippen molar-refractivity contribution in [3.63, 3.8) is 0 Å². The molecule has 0 aliphatic carbocycles. The van der Waals surface area contributed by atoms with Crippen LogP contribution in [0.4, 0.5) is 11.5 Å². The minimum absolute atomic E-state index is 0.0257. The maximum atomic E-state index is 11.1. The van der Waals surface area contributed by atoms with Crippen LogP contribution in [0.25, 0.3) is 0 Å². The molecule has 1 unspecified atom stereocenters. The average Bonchev–Trinajstić information content (AvgIpc) is 2.83. The summed E-state index contributed by atoms with van der Waals surface area (Å²) < 4.78 is 1.91. The molecule has 0 aliphatic heterocycles. The molecule has 7 heteroatoms. The van der Waals surface area contributed by atoms with E-state index in [9.17, 15) is 4.79 Å². The predicted octanol–water partition coefficient (Wildman–Crippen LogP) is 1.06. The molecule has 19 heavy (non-hydrogen) atoms. The zero-order chi connectivity index (χ0) is 13.8. The second-order valence-electron chi connectivity index (χ2n) is 4.26. The largest absolute Gasteiger partial charge is 0.478 e. The molecule has 2 aromatic heterocycles. The van der Waals surface area contributed by atoms with Gasteiger partial charge in [-0.1, -0.05) is 0 Å². The number of carbonyl (C=O) groups is 1. The molecule has 4 N–H and O–H groups in total. The van der Waals surface area contributed by atoms with Crippen molar-refractivity contribution in [3.8, 4) is 0 Å². The fourth-order valence-electron chi connectivity index (χ4n) is 1.79. The molecule has 7 nitrogen and oxygen atoms in total. The van der Waals surface area contributed by atoms with Crippen molar-refractivity contribution in [1.29, 1.82) is 0 Å². The third-order valence-electron chi connectivity index (χ3n) is 2.60. The van der Waals surface area contributed by atoms with E-state index in [-0.39, 0.29) is 17.4 Å². The van der Waals surface area contributed by atoms with Gasteiger partial charge in [-0.05, 0) is 13.0 Å². The molecule has 100 valence electrons. The number of hydrogen-bond acceptors (Lipinski definition) is 5. The summed E-state index contributed by atoms with van der Waals surface area (Å²) in [6, 6.07) is 1.37. The minimum Gasteiger partial charge on any atom is -0.478 e. The summed E-state index contributed by atoms with van der Waals surface area (Å²) in [5, 5.41) is 12.2. The van der Waals surface area contributed by atoms with Crippen LogP contribution in [0.5, 0.6) is 0 Å². The van der Waals surface area contributed by atoms with Gasteiger partial charge in [0.05, 0.1) is 23.8 Å². The van der Waals surface area contributed by atoms with E-state index < -0.39 is 5.97 Å². The Hall–Kier alpha value is -2.57. The van der Waals surface area contributed by atoms with E-state index in [0.29, 0.717) is 12.2 Å². The first kappa shape index (κ1) is 12.9. The van der Waals surface area contributed by atoms with Crippen molar-refractivity contribution in [2.45, 2.75) is 19.5 Å². The number of carboxylic acids is 1. The summed E-state index contributed by atoms with van der Waals surface area (Å²) in [4.78, 5) is 19.0. The van der Waals surface area contributed by atoms with Crippen molar-refractivity contribution in [2.75, 3.05) is 11.1 Å². The maximum Gasteiger partial charge on any atom is 0.337 e. The molecular weight excluding hydrogens is 246 g/mol. The molecule has 0 spiro atoms. The normalized spacial score (nSPS) is 12.1. The summed E-state index contributed by atoms with van der Waals surface area (Å²) in [6.07, 6.45) is 6.68. The van der Waals surface area contributed by atoms with E-state index in [1.165, 1.54) is 12.3 Å². The van der Waals surface area contributed by atoms with Crippen molar-refractivity contribution >= 4 is 17.5 Å². The van der Waals surface area contributed by atoms with E-state index >= 15 is 0 Å². The third-order valence-corrected chi connectivity index (χ3v) is 2.60. The second kappa shape index (κ2) is 5.38. The first-order chi connectivity index (χ1) is 9.06. The van der Waals surface area contributed by atoms with Crippen LogP contribution < -0.4 is 11.1 Å². The van der Waals surface area contributed by atoms with Crippen LogP contribution in [0.15, 0.2) is 31.0 Å². The highest BCUT2D eigenvalue weighted by atomic mass is 16.4. The first-order valence-corrected chi connectivity index (χ1v) is 5.77. The second-order valence-corrected chi connectivity index (χ2v) is 4.26. The van der Waals surface area contributed by atoms with Gasteiger partial charge in [-0.15, -0.1) is 0 Å². The van der Waals surface area contributed by atoms with E-state index in [1.807, 2.05) is 17.7 Å². The molecule has 0 bridgehead atoms. The SMILES string of the molecule is CC(Cn1ccnc1)Nc1cnc(N)cc1C(=O)O. The topological polar surface area (TPSA) is 106 Å². The third kappa shape index (κ3) is 3.21. The monoisotopic (exact) mass is 261 g/mol. The Morgan fingerprint density at radius 1 is 1.63 bits per heavy atom. The molecule has 2 aromatic rings. The molecular formula is C12H15N5O2. The number of nitrogens with one attached hydrogen (secondary N) is 1. The molecule has 0 saturated carbocycles. The van der Waals surface area contributed by atoms with Crippen LogP contribution in [0, 0.1) is 0 Å². The van der Waals surface area contributed by atoms with E-state index in [0.717, 1.165) is 0 Å². The Labute approximate surface area is 110 Å². The van der Waals surface area contributed by atoms with Crippen molar-refractivity contribution in [3.05, 3.63) is 36.5 Å². The molecule has 2 heterocycles. The van der Waals surface area contributed by atoms with Gasteiger partial charge in [-0.25, -0.2) is 14.8 Å². The van der Waals surface area contributed by atoms with Gasteiger partial charge in [0.15, 0.2) is 0 Å². The van der Waals surface area contributed by atoms with Crippen LogP contribution in [-0.2, 0) is 6.54 Å². The molecule has 0 aliphatic rings. The summed E-state index contributed by atoms with van der Waals surface area (Å²) in [6.45, 7) is 2.62. The van der Waals surface area contributed by atoms with Gasteiger partial charge in [0.25, 0.3) is 0 Å². The van der Waals surface area contributed by atoms with Gasteiger partial charge in [-0.3, -0.25) is 0 Å². The zero-order valence-corrected chi connectivity index (χ0v) is 10.4.